The van der Waals surface area contributed by atoms with Crippen LogP contribution >= 0.6 is 11.6 Å². The first-order chi connectivity index (χ1) is 6.77. The fraction of sp³-hybridized carbons (Fsp3) is 0.600. The van der Waals surface area contributed by atoms with E-state index in [1.807, 2.05) is 0 Å². The number of aromatic nitrogens is 2. The number of nitrogens with zero attached hydrogens (tertiary/aromatic N) is 3. The molecule has 2 rings (SSSR count). The number of hydrogen-bond donors (Lipinski definition) is 0. The Morgan fingerprint density at radius 1 is 1.29 bits per heavy atom. The lowest BCUT2D eigenvalue weighted by Gasteiger charge is -2.31. The zero-order chi connectivity index (χ0) is 9.97. The maximum Gasteiger partial charge on any atom is 0.171 e. The van der Waals surface area contributed by atoms with Gasteiger partial charge in [0.1, 0.15) is 0 Å². The lowest BCUT2D eigenvalue weighted by molar-refractivity contribution is 0.436. The summed E-state index contributed by atoms with van der Waals surface area (Å²) in [5, 5.41) is 0.516. The molecular formula is C10H14ClN3. The molecule has 0 N–H and O–H groups in total. The third-order valence-corrected chi connectivity index (χ3v) is 2.99. The van der Waals surface area contributed by atoms with Gasteiger partial charge in [-0.1, -0.05) is 18.5 Å². The highest BCUT2D eigenvalue weighted by molar-refractivity contribution is 6.31. The van der Waals surface area contributed by atoms with Gasteiger partial charge < -0.3 is 4.90 Å². The minimum absolute atomic E-state index is 0.516. The molecule has 76 valence electrons. The van der Waals surface area contributed by atoms with Crippen molar-refractivity contribution in [3.63, 3.8) is 0 Å². The van der Waals surface area contributed by atoms with Crippen molar-refractivity contribution in [3.05, 3.63) is 17.5 Å². The number of hydrogen-bond acceptors (Lipinski definition) is 3. The summed E-state index contributed by atoms with van der Waals surface area (Å²) in [7, 11) is 0. The second-order valence-electron chi connectivity index (χ2n) is 3.84. The number of piperidine rings is 1. The van der Waals surface area contributed by atoms with Crippen molar-refractivity contribution < 1.29 is 0 Å². The van der Waals surface area contributed by atoms with Crippen LogP contribution in [0, 0.1) is 5.92 Å². The molecule has 0 aromatic carbocycles. The second-order valence-corrected chi connectivity index (χ2v) is 4.20. The summed E-state index contributed by atoms with van der Waals surface area (Å²) in [5.74, 6) is 1.66. The highest BCUT2D eigenvalue weighted by atomic mass is 35.5. The van der Waals surface area contributed by atoms with Gasteiger partial charge in [0.2, 0.25) is 0 Å². The highest BCUT2D eigenvalue weighted by Gasteiger charge is 2.18. The Morgan fingerprint density at radius 2 is 1.93 bits per heavy atom. The molecule has 14 heavy (non-hydrogen) atoms. The third-order valence-electron chi connectivity index (χ3n) is 2.72. The van der Waals surface area contributed by atoms with E-state index in [4.69, 9.17) is 11.6 Å². The standard InChI is InChI=1S/C10H14ClN3/c1-8-2-6-14(7-3-8)10-9(11)12-4-5-13-10/h4-5,8H,2-3,6-7H2,1H3. The van der Waals surface area contributed by atoms with Crippen molar-refractivity contribution in [2.45, 2.75) is 19.8 Å². The summed E-state index contributed by atoms with van der Waals surface area (Å²) in [5.41, 5.74) is 0. The molecule has 3 nitrogen and oxygen atoms in total. The summed E-state index contributed by atoms with van der Waals surface area (Å²) in [6, 6.07) is 0. The average molecular weight is 212 g/mol. The normalized spacial score (nSPS) is 18.6. The zero-order valence-electron chi connectivity index (χ0n) is 8.28. The molecule has 0 amide bonds. The number of rotatable bonds is 1. The van der Waals surface area contributed by atoms with Crippen LogP contribution in [0.25, 0.3) is 0 Å². The first-order valence-corrected chi connectivity index (χ1v) is 5.36. The fourth-order valence-electron chi connectivity index (χ4n) is 1.75. The Bertz CT molecular complexity index is 308. The van der Waals surface area contributed by atoms with Crippen molar-refractivity contribution in [1.82, 2.24) is 9.97 Å². The minimum Gasteiger partial charge on any atom is -0.354 e. The Labute approximate surface area is 89.1 Å². The Balaban J connectivity index is 2.12. The predicted octanol–water partition coefficient (Wildman–Crippen LogP) is 2.37. The number of anilines is 1. The molecular weight excluding hydrogens is 198 g/mol. The molecule has 0 aliphatic carbocycles. The van der Waals surface area contributed by atoms with E-state index in [1.165, 1.54) is 12.8 Å². The maximum atomic E-state index is 5.98. The van der Waals surface area contributed by atoms with E-state index in [-0.39, 0.29) is 0 Å². The van der Waals surface area contributed by atoms with Crippen LogP contribution in [-0.2, 0) is 0 Å². The van der Waals surface area contributed by atoms with Crippen LogP contribution in [0.2, 0.25) is 5.15 Å². The lowest BCUT2D eigenvalue weighted by Crippen LogP contribution is -2.33. The van der Waals surface area contributed by atoms with Gasteiger partial charge in [-0.2, -0.15) is 0 Å². The van der Waals surface area contributed by atoms with E-state index in [9.17, 15) is 0 Å². The van der Waals surface area contributed by atoms with E-state index in [1.54, 1.807) is 12.4 Å². The third kappa shape index (κ3) is 1.98. The largest absolute Gasteiger partial charge is 0.354 e. The molecule has 1 aliphatic rings. The molecule has 1 fully saturated rings. The maximum absolute atomic E-state index is 5.98. The molecule has 0 saturated carbocycles. The quantitative estimate of drug-likeness (QED) is 0.714. The van der Waals surface area contributed by atoms with Crippen molar-refractivity contribution >= 4 is 17.4 Å². The summed E-state index contributed by atoms with van der Waals surface area (Å²) < 4.78 is 0. The molecule has 1 aromatic rings. The van der Waals surface area contributed by atoms with Gasteiger partial charge in [-0.25, -0.2) is 9.97 Å². The van der Waals surface area contributed by atoms with Gasteiger partial charge in [0.15, 0.2) is 11.0 Å². The summed E-state index contributed by atoms with van der Waals surface area (Å²) in [6.07, 6.45) is 5.75. The van der Waals surface area contributed by atoms with Crippen LogP contribution < -0.4 is 4.90 Å². The smallest absolute Gasteiger partial charge is 0.171 e. The van der Waals surface area contributed by atoms with Crippen molar-refractivity contribution in [1.29, 1.82) is 0 Å². The van der Waals surface area contributed by atoms with Crippen LogP contribution in [0.3, 0.4) is 0 Å². The zero-order valence-corrected chi connectivity index (χ0v) is 9.04. The summed E-state index contributed by atoms with van der Waals surface area (Å²) in [4.78, 5) is 10.5. The molecule has 0 atom stereocenters. The van der Waals surface area contributed by atoms with Gasteiger partial charge in [0.05, 0.1) is 0 Å². The van der Waals surface area contributed by atoms with E-state index in [0.717, 1.165) is 24.8 Å². The predicted molar refractivity (Wildman–Crippen MR) is 57.7 cm³/mol. The number of halogens is 1. The lowest BCUT2D eigenvalue weighted by atomic mass is 9.99. The first-order valence-electron chi connectivity index (χ1n) is 4.99. The highest BCUT2D eigenvalue weighted by Crippen LogP contribution is 2.25. The SMILES string of the molecule is CC1CCN(c2nccnc2Cl)CC1. The first kappa shape index (κ1) is 9.71. The van der Waals surface area contributed by atoms with Gasteiger partial charge in [-0.05, 0) is 18.8 Å². The summed E-state index contributed by atoms with van der Waals surface area (Å²) >= 11 is 5.98. The van der Waals surface area contributed by atoms with Crippen LogP contribution in [0.5, 0.6) is 0 Å². The van der Waals surface area contributed by atoms with E-state index in [2.05, 4.69) is 21.8 Å². The Kier molecular flexibility index (Phi) is 2.87. The van der Waals surface area contributed by atoms with Crippen molar-refractivity contribution in [3.8, 4) is 0 Å². The molecule has 0 unspecified atom stereocenters. The summed E-state index contributed by atoms with van der Waals surface area (Å²) in [6.45, 7) is 4.37. The molecule has 0 spiro atoms. The molecule has 2 heterocycles. The topological polar surface area (TPSA) is 29.0 Å². The van der Waals surface area contributed by atoms with Crippen LogP contribution in [0.4, 0.5) is 5.82 Å². The Morgan fingerprint density at radius 3 is 2.57 bits per heavy atom. The fourth-order valence-corrected chi connectivity index (χ4v) is 1.97. The van der Waals surface area contributed by atoms with Gasteiger partial charge >= 0.3 is 0 Å². The van der Waals surface area contributed by atoms with Gasteiger partial charge in [0.25, 0.3) is 0 Å². The van der Waals surface area contributed by atoms with Gasteiger partial charge in [-0.3, -0.25) is 0 Å². The van der Waals surface area contributed by atoms with E-state index < -0.39 is 0 Å². The molecule has 1 aromatic heterocycles. The van der Waals surface area contributed by atoms with Crippen molar-refractivity contribution in [2.75, 3.05) is 18.0 Å². The van der Waals surface area contributed by atoms with Crippen LogP contribution in [0.15, 0.2) is 12.4 Å². The van der Waals surface area contributed by atoms with Crippen LogP contribution in [-0.4, -0.2) is 23.1 Å². The minimum atomic E-state index is 0.516. The Hall–Kier alpha value is -0.830. The van der Waals surface area contributed by atoms with E-state index >= 15 is 0 Å². The van der Waals surface area contributed by atoms with Crippen molar-refractivity contribution in [2.24, 2.45) is 5.92 Å². The monoisotopic (exact) mass is 211 g/mol. The van der Waals surface area contributed by atoms with E-state index in [0.29, 0.717) is 5.15 Å². The van der Waals surface area contributed by atoms with Gasteiger partial charge in [0, 0.05) is 25.5 Å². The molecule has 1 aliphatic heterocycles. The average Bonchev–Trinajstić information content (AvgIpc) is 2.20. The van der Waals surface area contributed by atoms with Crippen LogP contribution in [0.1, 0.15) is 19.8 Å². The second kappa shape index (κ2) is 4.13. The van der Waals surface area contributed by atoms with Gasteiger partial charge in [-0.15, -0.1) is 0 Å². The molecule has 4 heteroatoms. The molecule has 0 bridgehead atoms. The molecule has 1 saturated heterocycles. The molecule has 0 radical (unpaired) electrons.